The fraction of sp³-hybridized carbons (Fsp3) is 0.176. The molecule has 6 nitrogen and oxygen atoms in total. The quantitative estimate of drug-likeness (QED) is 0.727. The first-order chi connectivity index (χ1) is 11.2. The average molecular weight is 306 g/mol. The van der Waals surface area contributed by atoms with Crippen LogP contribution in [0.2, 0.25) is 0 Å². The van der Waals surface area contributed by atoms with Crippen LogP contribution in [0.1, 0.15) is 38.9 Å². The van der Waals surface area contributed by atoms with E-state index in [2.05, 4.69) is 27.3 Å². The number of hydrogen-bond donors (Lipinski definition) is 0. The maximum absolute atomic E-state index is 12.9. The van der Waals surface area contributed by atoms with Crippen molar-refractivity contribution in [2.24, 2.45) is 0 Å². The van der Waals surface area contributed by atoms with Gasteiger partial charge in [-0.1, -0.05) is 23.8 Å². The van der Waals surface area contributed by atoms with Crippen LogP contribution in [0.3, 0.4) is 0 Å². The first-order valence-electron chi connectivity index (χ1n) is 7.29. The molecule has 1 aliphatic heterocycles. The van der Waals surface area contributed by atoms with Gasteiger partial charge in [-0.3, -0.25) is 4.79 Å². The van der Waals surface area contributed by atoms with Crippen molar-refractivity contribution < 1.29 is 9.21 Å². The number of hydrogen-bond acceptors (Lipinski definition) is 5. The zero-order valence-corrected chi connectivity index (χ0v) is 12.5. The molecule has 0 radical (unpaired) electrons. The van der Waals surface area contributed by atoms with Crippen molar-refractivity contribution in [1.82, 2.24) is 20.1 Å². The number of oxazole rings is 1. The third kappa shape index (κ3) is 2.28. The Morgan fingerprint density at radius 2 is 2.17 bits per heavy atom. The minimum atomic E-state index is -0.270. The van der Waals surface area contributed by atoms with E-state index in [1.54, 1.807) is 17.2 Å². The molecule has 1 unspecified atom stereocenters. The lowest BCUT2D eigenvalue weighted by Gasteiger charge is -2.23. The van der Waals surface area contributed by atoms with Gasteiger partial charge in [0.1, 0.15) is 6.04 Å². The normalized spacial score (nSPS) is 16.4. The molecular weight excluding hydrogens is 292 g/mol. The third-order valence-corrected chi connectivity index (χ3v) is 4.06. The third-order valence-electron chi connectivity index (χ3n) is 4.06. The molecule has 0 N–H and O–H groups in total. The predicted octanol–water partition coefficient (Wildman–Crippen LogP) is 2.52. The number of nitrogens with zero attached hydrogens (tertiary/aromatic N) is 4. The SMILES string of the molecule is Cc1ccc2c(c1)CN(C(=O)c1ccnnc1)C2c1cnco1. The van der Waals surface area contributed by atoms with Crippen LogP contribution in [-0.2, 0) is 6.54 Å². The fourth-order valence-corrected chi connectivity index (χ4v) is 3.02. The number of aryl methyl sites for hydroxylation is 1. The summed E-state index contributed by atoms with van der Waals surface area (Å²) in [6.07, 6.45) is 6.04. The van der Waals surface area contributed by atoms with Gasteiger partial charge in [-0.05, 0) is 24.1 Å². The van der Waals surface area contributed by atoms with Crippen LogP contribution in [0.5, 0.6) is 0 Å². The van der Waals surface area contributed by atoms with E-state index in [-0.39, 0.29) is 11.9 Å². The fourth-order valence-electron chi connectivity index (χ4n) is 3.02. The van der Waals surface area contributed by atoms with E-state index in [4.69, 9.17) is 4.42 Å². The molecule has 2 aromatic heterocycles. The Kier molecular flexibility index (Phi) is 3.15. The molecule has 0 saturated carbocycles. The van der Waals surface area contributed by atoms with Crippen molar-refractivity contribution in [3.8, 4) is 0 Å². The second-order valence-corrected chi connectivity index (χ2v) is 5.57. The molecule has 0 spiro atoms. The van der Waals surface area contributed by atoms with E-state index in [1.807, 2.05) is 13.0 Å². The van der Waals surface area contributed by atoms with Gasteiger partial charge in [0.25, 0.3) is 5.91 Å². The zero-order valence-electron chi connectivity index (χ0n) is 12.5. The van der Waals surface area contributed by atoms with Crippen molar-refractivity contribution >= 4 is 5.91 Å². The highest BCUT2D eigenvalue weighted by Crippen LogP contribution is 2.39. The minimum absolute atomic E-state index is 0.102. The summed E-state index contributed by atoms with van der Waals surface area (Å²) in [6.45, 7) is 2.57. The summed E-state index contributed by atoms with van der Waals surface area (Å²) in [6, 6.07) is 7.60. The van der Waals surface area contributed by atoms with Crippen molar-refractivity contribution in [3.63, 3.8) is 0 Å². The summed E-state index contributed by atoms with van der Waals surface area (Å²) in [5, 5.41) is 7.52. The number of fused-ring (bicyclic) bond motifs is 1. The number of benzene rings is 1. The van der Waals surface area contributed by atoms with Gasteiger partial charge in [-0.2, -0.15) is 10.2 Å². The molecule has 1 aromatic carbocycles. The van der Waals surface area contributed by atoms with Gasteiger partial charge in [0.05, 0.1) is 24.2 Å². The summed E-state index contributed by atoms with van der Waals surface area (Å²) in [7, 11) is 0. The number of amides is 1. The van der Waals surface area contributed by atoms with Crippen molar-refractivity contribution in [2.75, 3.05) is 0 Å². The first kappa shape index (κ1) is 13.6. The number of carbonyl (C=O) groups is 1. The van der Waals surface area contributed by atoms with E-state index in [0.717, 1.165) is 11.1 Å². The topological polar surface area (TPSA) is 72.1 Å². The van der Waals surface area contributed by atoms with E-state index in [9.17, 15) is 4.79 Å². The van der Waals surface area contributed by atoms with Crippen molar-refractivity contribution in [1.29, 1.82) is 0 Å². The van der Waals surface area contributed by atoms with Gasteiger partial charge < -0.3 is 9.32 Å². The molecule has 0 bridgehead atoms. The van der Waals surface area contributed by atoms with Gasteiger partial charge in [-0.15, -0.1) is 0 Å². The lowest BCUT2D eigenvalue weighted by atomic mass is 10.0. The molecule has 0 fully saturated rings. The number of carbonyl (C=O) groups excluding carboxylic acids is 1. The van der Waals surface area contributed by atoms with Gasteiger partial charge >= 0.3 is 0 Å². The lowest BCUT2D eigenvalue weighted by molar-refractivity contribution is 0.0702. The van der Waals surface area contributed by atoms with Crippen LogP contribution in [0.4, 0.5) is 0 Å². The van der Waals surface area contributed by atoms with Crippen LogP contribution >= 0.6 is 0 Å². The summed E-state index contributed by atoms with van der Waals surface area (Å²) in [5.41, 5.74) is 3.87. The van der Waals surface area contributed by atoms with Crippen molar-refractivity contribution in [3.05, 3.63) is 77.3 Å². The Hall–Kier alpha value is -3.02. The maximum Gasteiger partial charge on any atom is 0.256 e. The maximum atomic E-state index is 12.9. The van der Waals surface area contributed by atoms with Gasteiger partial charge in [0, 0.05) is 6.54 Å². The molecule has 1 amide bonds. The van der Waals surface area contributed by atoms with E-state index in [0.29, 0.717) is 17.9 Å². The second kappa shape index (κ2) is 5.31. The highest BCUT2D eigenvalue weighted by Gasteiger charge is 2.37. The number of rotatable bonds is 2. The standard InChI is InChI=1S/C17H14N4O2/c1-11-2-3-14-13(6-11)9-21(16(14)15-8-18-10-23-15)17(22)12-4-5-19-20-7-12/h2-8,10,16H,9H2,1H3. The van der Waals surface area contributed by atoms with E-state index in [1.165, 1.54) is 24.4 Å². The Balaban J connectivity index is 1.79. The molecule has 4 rings (SSSR count). The highest BCUT2D eigenvalue weighted by molar-refractivity contribution is 5.94. The van der Waals surface area contributed by atoms with E-state index < -0.39 is 0 Å². The zero-order chi connectivity index (χ0) is 15.8. The van der Waals surface area contributed by atoms with Crippen LogP contribution in [0, 0.1) is 6.92 Å². The molecule has 3 heterocycles. The Morgan fingerprint density at radius 3 is 2.91 bits per heavy atom. The summed E-state index contributed by atoms with van der Waals surface area (Å²) >= 11 is 0. The Morgan fingerprint density at radius 1 is 1.26 bits per heavy atom. The molecule has 0 aliphatic carbocycles. The minimum Gasteiger partial charge on any atom is -0.446 e. The van der Waals surface area contributed by atoms with Gasteiger partial charge in [0.15, 0.2) is 12.2 Å². The van der Waals surface area contributed by atoms with Crippen LogP contribution < -0.4 is 0 Å². The smallest absolute Gasteiger partial charge is 0.256 e. The summed E-state index contributed by atoms with van der Waals surface area (Å²) in [4.78, 5) is 18.7. The van der Waals surface area contributed by atoms with Gasteiger partial charge in [0.2, 0.25) is 0 Å². The molecule has 3 aromatic rings. The molecule has 1 aliphatic rings. The molecule has 6 heteroatoms. The molecule has 114 valence electrons. The van der Waals surface area contributed by atoms with E-state index >= 15 is 0 Å². The number of aromatic nitrogens is 3. The lowest BCUT2D eigenvalue weighted by Crippen LogP contribution is -2.30. The summed E-state index contributed by atoms with van der Waals surface area (Å²) < 4.78 is 5.49. The largest absolute Gasteiger partial charge is 0.446 e. The van der Waals surface area contributed by atoms with Crippen molar-refractivity contribution in [2.45, 2.75) is 19.5 Å². The first-order valence-corrected chi connectivity index (χ1v) is 7.29. The summed E-state index contributed by atoms with van der Waals surface area (Å²) in [5.74, 6) is 0.554. The molecule has 0 saturated heterocycles. The predicted molar refractivity (Wildman–Crippen MR) is 81.4 cm³/mol. The Labute approximate surface area is 132 Å². The van der Waals surface area contributed by atoms with Crippen LogP contribution in [-0.4, -0.2) is 26.0 Å². The van der Waals surface area contributed by atoms with Crippen LogP contribution in [0.15, 0.2) is 53.7 Å². The average Bonchev–Trinajstić information content (AvgIpc) is 3.21. The van der Waals surface area contributed by atoms with Crippen LogP contribution in [0.25, 0.3) is 0 Å². The second-order valence-electron chi connectivity index (χ2n) is 5.57. The molecule has 1 atom stereocenters. The molecule has 23 heavy (non-hydrogen) atoms. The highest BCUT2D eigenvalue weighted by atomic mass is 16.3. The Bertz CT molecular complexity index is 846. The molecular formula is C17H14N4O2. The monoisotopic (exact) mass is 306 g/mol. The van der Waals surface area contributed by atoms with Gasteiger partial charge in [-0.25, -0.2) is 4.98 Å².